The summed E-state index contributed by atoms with van der Waals surface area (Å²) in [5, 5.41) is 15.3. The fourth-order valence-corrected chi connectivity index (χ4v) is 2.50. The Balaban J connectivity index is 1.72. The third-order valence-electron chi connectivity index (χ3n) is 3.83. The minimum atomic E-state index is -0.843. The first-order valence-electron chi connectivity index (χ1n) is 8.15. The molecule has 6 heteroatoms. The van der Waals surface area contributed by atoms with Crippen LogP contribution in [0, 0.1) is 6.92 Å². The van der Waals surface area contributed by atoms with Gasteiger partial charge in [-0.3, -0.25) is 0 Å². The summed E-state index contributed by atoms with van der Waals surface area (Å²) in [5.74, 6) is 0.437. The molecule has 1 unspecified atom stereocenters. The van der Waals surface area contributed by atoms with Crippen molar-refractivity contribution in [3.63, 3.8) is 0 Å². The Labute approximate surface area is 142 Å². The Bertz CT molecular complexity index is 628. The second-order valence-electron chi connectivity index (χ2n) is 5.53. The summed E-state index contributed by atoms with van der Waals surface area (Å²) in [6.45, 7) is 6.38. The maximum absolute atomic E-state index is 11.8. The summed E-state index contributed by atoms with van der Waals surface area (Å²) >= 11 is 0. The lowest BCUT2D eigenvalue weighted by Gasteiger charge is -2.25. The van der Waals surface area contributed by atoms with Crippen molar-refractivity contribution in [3.05, 3.63) is 54.0 Å². The summed E-state index contributed by atoms with van der Waals surface area (Å²) in [4.78, 5) is 14.0. The third-order valence-corrected chi connectivity index (χ3v) is 3.83. The topological polar surface area (TPSA) is 77.7 Å². The van der Waals surface area contributed by atoms with Gasteiger partial charge in [0.25, 0.3) is 0 Å². The van der Waals surface area contributed by atoms with Crippen LogP contribution in [-0.2, 0) is 0 Å². The first kappa shape index (κ1) is 17.9. The zero-order valence-corrected chi connectivity index (χ0v) is 14.2. The lowest BCUT2D eigenvalue weighted by atomic mass is 10.2. The van der Waals surface area contributed by atoms with Crippen molar-refractivity contribution in [2.45, 2.75) is 20.0 Å². The number of urea groups is 1. The number of hydrogen-bond donors (Lipinski definition) is 3. The number of hydrogen-bond acceptors (Lipinski definition) is 4. The van der Waals surface area contributed by atoms with Crippen LogP contribution >= 0.6 is 0 Å². The predicted molar refractivity (Wildman–Crippen MR) is 94.1 cm³/mol. The Hall–Kier alpha value is -2.47. The summed E-state index contributed by atoms with van der Waals surface area (Å²) in [6.07, 6.45) is 0.647. The van der Waals surface area contributed by atoms with Crippen molar-refractivity contribution in [3.8, 4) is 0 Å². The molecule has 0 aliphatic carbocycles. The molecular formula is C18H25N3O3. The van der Waals surface area contributed by atoms with Gasteiger partial charge >= 0.3 is 6.03 Å². The van der Waals surface area contributed by atoms with E-state index in [4.69, 9.17) is 4.42 Å². The third kappa shape index (κ3) is 5.03. The van der Waals surface area contributed by atoms with Crippen LogP contribution < -0.4 is 15.5 Å². The number of nitrogens with zero attached hydrogens (tertiary/aromatic N) is 1. The van der Waals surface area contributed by atoms with Gasteiger partial charge in [0.2, 0.25) is 0 Å². The Morgan fingerprint density at radius 3 is 2.71 bits per heavy atom. The number of furan rings is 1. The number of nitrogens with one attached hydrogen (secondary N) is 2. The molecule has 3 N–H and O–H groups in total. The Kier molecular flexibility index (Phi) is 6.69. The standard InChI is InChI=1S/C18H25N3O3/c1-3-21(15-8-5-4-7-14(15)2)11-10-19-18(23)20-13-16(22)17-9-6-12-24-17/h4-9,12,16,22H,3,10-11,13H2,1-2H3,(H2,19,20,23). The molecule has 2 rings (SSSR count). The average molecular weight is 331 g/mol. The quantitative estimate of drug-likeness (QED) is 0.694. The van der Waals surface area contributed by atoms with E-state index in [1.54, 1.807) is 12.1 Å². The minimum Gasteiger partial charge on any atom is -0.467 e. The van der Waals surface area contributed by atoms with Gasteiger partial charge in [-0.05, 0) is 37.6 Å². The van der Waals surface area contributed by atoms with Crippen molar-refractivity contribution >= 4 is 11.7 Å². The maximum Gasteiger partial charge on any atom is 0.314 e. The number of carbonyl (C=O) groups is 1. The predicted octanol–water partition coefficient (Wildman–Crippen LogP) is 2.45. The molecule has 0 aliphatic rings. The average Bonchev–Trinajstić information content (AvgIpc) is 3.12. The van der Waals surface area contributed by atoms with Crippen LogP contribution in [0.5, 0.6) is 0 Å². The van der Waals surface area contributed by atoms with Gasteiger partial charge in [-0.25, -0.2) is 4.79 Å². The molecule has 0 radical (unpaired) electrons. The molecule has 0 saturated heterocycles. The summed E-state index contributed by atoms with van der Waals surface area (Å²) in [5.41, 5.74) is 2.39. The van der Waals surface area contributed by atoms with Gasteiger partial charge in [0, 0.05) is 25.3 Å². The largest absolute Gasteiger partial charge is 0.467 e. The smallest absolute Gasteiger partial charge is 0.314 e. The molecule has 1 aromatic heterocycles. The first-order valence-corrected chi connectivity index (χ1v) is 8.15. The van der Waals surface area contributed by atoms with Crippen molar-refractivity contribution in [1.29, 1.82) is 0 Å². The van der Waals surface area contributed by atoms with E-state index in [1.165, 1.54) is 17.5 Å². The monoisotopic (exact) mass is 331 g/mol. The SMILES string of the molecule is CCN(CCNC(=O)NCC(O)c1ccco1)c1ccccc1C. The van der Waals surface area contributed by atoms with Gasteiger partial charge in [0.1, 0.15) is 11.9 Å². The Morgan fingerprint density at radius 2 is 2.04 bits per heavy atom. The van der Waals surface area contributed by atoms with Crippen LogP contribution in [0.3, 0.4) is 0 Å². The van der Waals surface area contributed by atoms with Crippen molar-refractivity contribution < 1.29 is 14.3 Å². The number of likely N-dealkylation sites (N-methyl/N-ethyl adjacent to an activating group) is 1. The van der Waals surface area contributed by atoms with Crippen LogP contribution in [0.2, 0.25) is 0 Å². The highest BCUT2D eigenvalue weighted by Crippen LogP contribution is 2.18. The number of anilines is 1. The van der Waals surface area contributed by atoms with E-state index in [-0.39, 0.29) is 12.6 Å². The molecular weight excluding hydrogens is 306 g/mol. The molecule has 130 valence electrons. The van der Waals surface area contributed by atoms with Gasteiger partial charge in [-0.2, -0.15) is 0 Å². The van der Waals surface area contributed by atoms with Gasteiger partial charge < -0.3 is 25.1 Å². The van der Waals surface area contributed by atoms with E-state index < -0.39 is 6.10 Å². The number of aryl methyl sites for hydroxylation is 1. The van der Waals surface area contributed by atoms with E-state index in [2.05, 4.69) is 41.5 Å². The zero-order valence-electron chi connectivity index (χ0n) is 14.2. The van der Waals surface area contributed by atoms with Gasteiger partial charge in [-0.15, -0.1) is 0 Å². The number of para-hydroxylation sites is 1. The molecule has 1 atom stereocenters. The number of carbonyl (C=O) groups excluding carboxylic acids is 1. The zero-order chi connectivity index (χ0) is 17.4. The summed E-state index contributed by atoms with van der Waals surface area (Å²) in [7, 11) is 0. The van der Waals surface area contributed by atoms with Gasteiger partial charge in [-0.1, -0.05) is 18.2 Å². The molecule has 6 nitrogen and oxygen atoms in total. The second-order valence-corrected chi connectivity index (χ2v) is 5.53. The van der Waals surface area contributed by atoms with E-state index in [1.807, 2.05) is 12.1 Å². The minimum absolute atomic E-state index is 0.106. The van der Waals surface area contributed by atoms with E-state index in [9.17, 15) is 9.90 Å². The molecule has 2 aromatic rings. The summed E-state index contributed by atoms with van der Waals surface area (Å²) < 4.78 is 5.09. The van der Waals surface area contributed by atoms with Crippen LogP contribution in [0.25, 0.3) is 0 Å². The van der Waals surface area contributed by atoms with Crippen molar-refractivity contribution in [1.82, 2.24) is 10.6 Å². The number of rotatable bonds is 8. The fourth-order valence-electron chi connectivity index (χ4n) is 2.50. The highest BCUT2D eigenvalue weighted by Gasteiger charge is 2.12. The van der Waals surface area contributed by atoms with Crippen LogP contribution in [0.1, 0.15) is 24.4 Å². The number of amides is 2. The van der Waals surface area contributed by atoms with E-state index >= 15 is 0 Å². The molecule has 2 amide bonds. The first-order chi connectivity index (χ1) is 11.6. The highest BCUT2D eigenvalue weighted by molar-refractivity contribution is 5.73. The van der Waals surface area contributed by atoms with Crippen LogP contribution in [0.4, 0.5) is 10.5 Å². The van der Waals surface area contributed by atoms with E-state index in [0.29, 0.717) is 12.3 Å². The number of benzene rings is 1. The normalized spacial score (nSPS) is 11.8. The van der Waals surface area contributed by atoms with E-state index in [0.717, 1.165) is 13.1 Å². The van der Waals surface area contributed by atoms with Crippen molar-refractivity contribution in [2.24, 2.45) is 0 Å². The highest BCUT2D eigenvalue weighted by atomic mass is 16.4. The number of aliphatic hydroxyl groups is 1. The maximum atomic E-state index is 11.8. The molecule has 0 spiro atoms. The molecule has 0 fully saturated rings. The molecule has 24 heavy (non-hydrogen) atoms. The van der Waals surface area contributed by atoms with Crippen LogP contribution in [0.15, 0.2) is 47.1 Å². The fraction of sp³-hybridized carbons (Fsp3) is 0.389. The molecule has 1 aromatic carbocycles. The lowest BCUT2D eigenvalue weighted by Crippen LogP contribution is -2.41. The molecule has 0 bridgehead atoms. The second kappa shape index (κ2) is 8.98. The molecule has 0 saturated carbocycles. The Morgan fingerprint density at radius 1 is 1.25 bits per heavy atom. The molecule has 1 heterocycles. The van der Waals surface area contributed by atoms with Gasteiger partial charge in [0.15, 0.2) is 0 Å². The van der Waals surface area contributed by atoms with Crippen molar-refractivity contribution in [2.75, 3.05) is 31.1 Å². The summed E-state index contributed by atoms with van der Waals surface area (Å²) in [6, 6.07) is 11.3. The van der Waals surface area contributed by atoms with Gasteiger partial charge in [0.05, 0.1) is 12.8 Å². The lowest BCUT2D eigenvalue weighted by molar-refractivity contribution is 0.148. The van der Waals surface area contributed by atoms with Crippen LogP contribution in [-0.4, -0.2) is 37.3 Å². The molecule has 0 aliphatic heterocycles. The number of aliphatic hydroxyl groups excluding tert-OH is 1.